The molecule has 0 aliphatic rings. The molecule has 0 aliphatic carbocycles. The van der Waals surface area contributed by atoms with E-state index < -0.39 is 12.7 Å². The van der Waals surface area contributed by atoms with Crippen LogP contribution >= 0.6 is 0 Å². The summed E-state index contributed by atoms with van der Waals surface area (Å²) in [5.74, 6) is 0. The van der Waals surface area contributed by atoms with Gasteiger partial charge in [0.05, 0.1) is 6.54 Å². The molecule has 0 heterocycles. The third-order valence-electron chi connectivity index (χ3n) is 1.57. The zero-order valence-electron chi connectivity index (χ0n) is 7.55. The standard InChI is InChI=1S/C7H15F3N2/c1-6(2,11-3)4-12-5-7(8,9)10/h11-12H,4-5H2,1-3H3. The van der Waals surface area contributed by atoms with Crippen molar-refractivity contribution in [2.45, 2.75) is 25.6 Å². The second kappa shape index (κ2) is 4.09. The quantitative estimate of drug-likeness (QED) is 0.684. The smallest absolute Gasteiger partial charge is 0.314 e. The van der Waals surface area contributed by atoms with Crippen LogP contribution in [-0.2, 0) is 0 Å². The number of hydrogen-bond donors (Lipinski definition) is 2. The average Bonchev–Trinajstić information content (AvgIpc) is 1.84. The van der Waals surface area contributed by atoms with Gasteiger partial charge in [-0.1, -0.05) is 0 Å². The lowest BCUT2D eigenvalue weighted by molar-refractivity contribution is -0.125. The molecular weight excluding hydrogens is 169 g/mol. The minimum atomic E-state index is -4.12. The van der Waals surface area contributed by atoms with Crippen molar-refractivity contribution in [3.8, 4) is 0 Å². The van der Waals surface area contributed by atoms with Crippen LogP contribution in [0.3, 0.4) is 0 Å². The molecule has 2 N–H and O–H groups in total. The number of nitrogens with one attached hydrogen (secondary N) is 2. The van der Waals surface area contributed by atoms with Gasteiger partial charge < -0.3 is 10.6 Å². The average molecular weight is 184 g/mol. The third-order valence-corrected chi connectivity index (χ3v) is 1.57. The Hall–Kier alpha value is -0.290. The molecule has 0 radical (unpaired) electrons. The molecule has 0 bridgehead atoms. The number of hydrogen-bond acceptors (Lipinski definition) is 2. The Bertz CT molecular complexity index is 131. The Kier molecular flexibility index (Phi) is 3.99. The fourth-order valence-electron chi connectivity index (χ4n) is 0.605. The van der Waals surface area contributed by atoms with Gasteiger partial charge in [0.2, 0.25) is 0 Å². The van der Waals surface area contributed by atoms with Crippen LogP contribution < -0.4 is 10.6 Å². The first kappa shape index (κ1) is 11.7. The van der Waals surface area contributed by atoms with E-state index in [9.17, 15) is 13.2 Å². The topological polar surface area (TPSA) is 24.1 Å². The fraction of sp³-hybridized carbons (Fsp3) is 1.00. The number of halogens is 3. The second-order valence-corrected chi connectivity index (χ2v) is 3.35. The van der Waals surface area contributed by atoms with Crippen molar-refractivity contribution in [1.29, 1.82) is 0 Å². The van der Waals surface area contributed by atoms with Crippen molar-refractivity contribution in [1.82, 2.24) is 10.6 Å². The Labute approximate surface area is 70.5 Å². The summed E-state index contributed by atoms with van der Waals surface area (Å²) in [6.07, 6.45) is -4.12. The van der Waals surface area contributed by atoms with Gasteiger partial charge in [-0.05, 0) is 20.9 Å². The van der Waals surface area contributed by atoms with E-state index >= 15 is 0 Å². The summed E-state index contributed by atoms with van der Waals surface area (Å²) in [5, 5.41) is 5.23. The first-order valence-electron chi connectivity index (χ1n) is 3.73. The van der Waals surface area contributed by atoms with Gasteiger partial charge in [-0.2, -0.15) is 13.2 Å². The predicted octanol–water partition coefficient (Wildman–Crippen LogP) is 1.14. The molecule has 0 saturated carbocycles. The molecular formula is C7H15F3N2. The first-order valence-corrected chi connectivity index (χ1v) is 3.73. The van der Waals surface area contributed by atoms with Crippen molar-refractivity contribution in [2.75, 3.05) is 20.1 Å². The highest BCUT2D eigenvalue weighted by Crippen LogP contribution is 2.12. The maximum absolute atomic E-state index is 11.7. The lowest BCUT2D eigenvalue weighted by Gasteiger charge is -2.24. The SMILES string of the molecule is CNC(C)(C)CNCC(F)(F)F. The minimum Gasteiger partial charge on any atom is -0.314 e. The molecule has 0 atom stereocenters. The molecule has 74 valence electrons. The van der Waals surface area contributed by atoms with E-state index in [4.69, 9.17) is 0 Å². The van der Waals surface area contributed by atoms with Crippen molar-refractivity contribution in [3.63, 3.8) is 0 Å². The summed E-state index contributed by atoms with van der Waals surface area (Å²) in [6, 6.07) is 0. The Morgan fingerprint density at radius 2 is 1.58 bits per heavy atom. The highest BCUT2D eigenvalue weighted by molar-refractivity contribution is 4.78. The molecule has 0 rings (SSSR count). The van der Waals surface area contributed by atoms with Crippen molar-refractivity contribution >= 4 is 0 Å². The number of alkyl halides is 3. The molecule has 0 amide bonds. The van der Waals surface area contributed by atoms with Gasteiger partial charge in [0, 0.05) is 12.1 Å². The van der Waals surface area contributed by atoms with Gasteiger partial charge in [0.25, 0.3) is 0 Å². The number of likely N-dealkylation sites (N-methyl/N-ethyl adjacent to an activating group) is 1. The van der Waals surface area contributed by atoms with Gasteiger partial charge in [-0.15, -0.1) is 0 Å². The second-order valence-electron chi connectivity index (χ2n) is 3.35. The van der Waals surface area contributed by atoms with Gasteiger partial charge in [-0.25, -0.2) is 0 Å². The van der Waals surface area contributed by atoms with Crippen LogP contribution in [0, 0.1) is 0 Å². The summed E-state index contributed by atoms with van der Waals surface area (Å²) in [5.41, 5.74) is -0.300. The van der Waals surface area contributed by atoms with Crippen LogP contribution in [0.4, 0.5) is 13.2 Å². The van der Waals surface area contributed by atoms with Crippen LogP contribution in [0.15, 0.2) is 0 Å². The molecule has 0 fully saturated rings. The zero-order valence-corrected chi connectivity index (χ0v) is 7.55. The largest absolute Gasteiger partial charge is 0.401 e. The first-order chi connectivity index (χ1) is 5.27. The molecule has 5 heteroatoms. The lowest BCUT2D eigenvalue weighted by atomic mass is 10.1. The van der Waals surface area contributed by atoms with Crippen LogP contribution in [0.1, 0.15) is 13.8 Å². The van der Waals surface area contributed by atoms with Crippen molar-refractivity contribution in [2.24, 2.45) is 0 Å². The summed E-state index contributed by atoms with van der Waals surface area (Å²) < 4.78 is 35.0. The van der Waals surface area contributed by atoms with Crippen LogP contribution in [-0.4, -0.2) is 31.9 Å². The van der Waals surface area contributed by atoms with Crippen LogP contribution in [0.25, 0.3) is 0 Å². The van der Waals surface area contributed by atoms with Crippen molar-refractivity contribution < 1.29 is 13.2 Å². The molecule has 0 spiro atoms. The maximum atomic E-state index is 11.7. The Morgan fingerprint density at radius 1 is 1.08 bits per heavy atom. The van der Waals surface area contributed by atoms with Crippen LogP contribution in [0.5, 0.6) is 0 Å². The molecule has 0 aromatic heterocycles. The zero-order chi connectivity index (χ0) is 9.83. The van der Waals surface area contributed by atoms with E-state index in [1.807, 2.05) is 13.8 Å². The Morgan fingerprint density at radius 3 is 1.92 bits per heavy atom. The molecule has 0 saturated heterocycles. The summed E-state index contributed by atoms with van der Waals surface area (Å²) in [4.78, 5) is 0. The molecule has 12 heavy (non-hydrogen) atoms. The van der Waals surface area contributed by atoms with Crippen LogP contribution in [0.2, 0.25) is 0 Å². The molecule has 0 unspecified atom stereocenters. The lowest BCUT2D eigenvalue weighted by Crippen LogP contribution is -2.47. The van der Waals surface area contributed by atoms with E-state index in [1.165, 1.54) is 0 Å². The maximum Gasteiger partial charge on any atom is 0.401 e. The fourth-order valence-corrected chi connectivity index (χ4v) is 0.605. The van der Waals surface area contributed by atoms with E-state index in [0.717, 1.165) is 0 Å². The van der Waals surface area contributed by atoms with Gasteiger partial charge in [0.15, 0.2) is 0 Å². The normalized spacial score (nSPS) is 13.5. The van der Waals surface area contributed by atoms with E-state index in [-0.39, 0.29) is 5.54 Å². The monoisotopic (exact) mass is 184 g/mol. The van der Waals surface area contributed by atoms with E-state index in [1.54, 1.807) is 7.05 Å². The molecule has 0 aliphatic heterocycles. The van der Waals surface area contributed by atoms with E-state index in [2.05, 4.69) is 10.6 Å². The van der Waals surface area contributed by atoms with Gasteiger partial charge >= 0.3 is 6.18 Å². The minimum absolute atomic E-state index is 0.295. The summed E-state index contributed by atoms with van der Waals surface area (Å²) in [6.45, 7) is 3.02. The Balaban J connectivity index is 3.57. The highest BCUT2D eigenvalue weighted by atomic mass is 19.4. The molecule has 0 aromatic carbocycles. The summed E-state index contributed by atoms with van der Waals surface area (Å²) in [7, 11) is 1.72. The van der Waals surface area contributed by atoms with Gasteiger partial charge in [-0.3, -0.25) is 0 Å². The van der Waals surface area contributed by atoms with E-state index in [0.29, 0.717) is 6.54 Å². The molecule has 0 aromatic rings. The number of rotatable bonds is 4. The summed E-state index contributed by atoms with van der Waals surface area (Å²) >= 11 is 0. The van der Waals surface area contributed by atoms with Crippen molar-refractivity contribution in [3.05, 3.63) is 0 Å². The highest BCUT2D eigenvalue weighted by Gasteiger charge is 2.27. The predicted molar refractivity (Wildman–Crippen MR) is 42.1 cm³/mol. The third kappa shape index (κ3) is 6.42. The molecule has 2 nitrogen and oxygen atoms in total. The van der Waals surface area contributed by atoms with Gasteiger partial charge in [0.1, 0.15) is 0 Å².